The highest BCUT2D eigenvalue weighted by molar-refractivity contribution is 8.00. The van der Waals surface area contributed by atoms with Crippen LogP contribution in [0.2, 0.25) is 0 Å². The molecule has 1 rings (SSSR count). The van der Waals surface area contributed by atoms with Crippen molar-refractivity contribution < 1.29 is 9.53 Å². The highest BCUT2D eigenvalue weighted by atomic mass is 32.2. The molecule has 0 unspecified atom stereocenters. The topological polar surface area (TPSA) is 38.3 Å². The van der Waals surface area contributed by atoms with Crippen LogP contribution in [0, 0.1) is 6.92 Å². The summed E-state index contributed by atoms with van der Waals surface area (Å²) in [6.45, 7) is 4.52. The molecule has 0 spiro atoms. The maximum absolute atomic E-state index is 11.6. The average Bonchev–Trinajstić information content (AvgIpc) is 2.28. The van der Waals surface area contributed by atoms with E-state index in [1.807, 2.05) is 38.1 Å². The highest BCUT2D eigenvalue weighted by Crippen LogP contribution is 2.21. The van der Waals surface area contributed by atoms with Crippen LogP contribution in [0.5, 0.6) is 0 Å². The number of carbonyl (C=O) groups excluding carboxylic acids is 1. The number of aryl methyl sites for hydroxylation is 1. The number of hydrogen-bond donors (Lipinski definition) is 1. The van der Waals surface area contributed by atoms with Gasteiger partial charge in [-0.05, 0) is 25.5 Å². The van der Waals surface area contributed by atoms with Gasteiger partial charge in [0.05, 0.1) is 12.4 Å². The van der Waals surface area contributed by atoms with E-state index in [-0.39, 0.29) is 11.9 Å². The Kier molecular flexibility index (Phi) is 6.08. The van der Waals surface area contributed by atoms with E-state index in [9.17, 15) is 4.79 Å². The minimum absolute atomic E-state index is 0.0443. The van der Waals surface area contributed by atoms with Crippen molar-refractivity contribution in [1.82, 2.24) is 5.32 Å². The van der Waals surface area contributed by atoms with Crippen molar-refractivity contribution in [2.75, 3.05) is 19.5 Å². The first kappa shape index (κ1) is 14.1. The highest BCUT2D eigenvalue weighted by Gasteiger charge is 2.08. The van der Waals surface area contributed by atoms with Crippen LogP contribution in [0.15, 0.2) is 29.2 Å². The van der Waals surface area contributed by atoms with Crippen molar-refractivity contribution in [2.24, 2.45) is 0 Å². The quantitative estimate of drug-likeness (QED) is 0.790. The number of methoxy groups -OCH3 is 1. The van der Waals surface area contributed by atoms with Crippen LogP contribution in [0.4, 0.5) is 0 Å². The van der Waals surface area contributed by atoms with Crippen LogP contribution in [0.1, 0.15) is 12.5 Å². The molecule has 0 bridgehead atoms. The van der Waals surface area contributed by atoms with E-state index in [0.29, 0.717) is 12.4 Å². The van der Waals surface area contributed by atoms with Crippen molar-refractivity contribution >= 4 is 17.7 Å². The molecule has 0 aliphatic rings. The Morgan fingerprint density at radius 2 is 2.18 bits per heavy atom. The summed E-state index contributed by atoms with van der Waals surface area (Å²) >= 11 is 1.56. The first-order valence-corrected chi connectivity index (χ1v) is 6.58. The SMILES string of the molecule is COC[C@H](C)NC(=O)CSc1ccccc1C. The number of benzene rings is 1. The molecule has 0 aromatic heterocycles. The first-order valence-electron chi connectivity index (χ1n) is 5.60. The van der Waals surface area contributed by atoms with Gasteiger partial charge >= 0.3 is 0 Å². The molecule has 0 saturated carbocycles. The molecule has 4 heteroatoms. The zero-order valence-electron chi connectivity index (χ0n) is 10.5. The third-order valence-corrected chi connectivity index (χ3v) is 3.45. The molecule has 0 aliphatic heterocycles. The summed E-state index contributed by atoms with van der Waals surface area (Å²) in [4.78, 5) is 12.8. The van der Waals surface area contributed by atoms with Crippen LogP contribution >= 0.6 is 11.8 Å². The molecule has 1 atom stereocenters. The fourth-order valence-corrected chi connectivity index (χ4v) is 2.31. The predicted molar refractivity (Wildman–Crippen MR) is 71.4 cm³/mol. The van der Waals surface area contributed by atoms with Gasteiger partial charge in [0.25, 0.3) is 0 Å². The molecular formula is C13H19NO2S. The van der Waals surface area contributed by atoms with Crippen LogP contribution < -0.4 is 5.32 Å². The zero-order chi connectivity index (χ0) is 12.7. The molecule has 3 nitrogen and oxygen atoms in total. The lowest BCUT2D eigenvalue weighted by atomic mass is 10.2. The molecule has 1 aromatic rings. The molecule has 0 saturated heterocycles. The fraction of sp³-hybridized carbons (Fsp3) is 0.462. The van der Waals surface area contributed by atoms with Crippen LogP contribution in [0.25, 0.3) is 0 Å². The van der Waals surface area contributed by atoms with E-state index in [1.54, 1.807) is 18.9 Å². The van der Waals surface area contributed by atoms with E-state index >= 15 is 0 Å². The molecule has 0 heterocycles. The predicted octanol–water partition coefficient (Wildman–Crippen LogP) is 2.24. The standard InChI is InChI=1S/C13H19NO2S/c1-10-6-4-5-7-12(10)17-9-13(15)14-11(2)8-16-3/h4-7,11H,8-9H2,1-3H3,(H,14,15)/t11-/m0/s1. The Labute approximate surface area is 107 Å². The number of hydrogen-bond acceptors (Lipinski definition) is 3. The molecule has 0 fully saturated rings. The summed E-state index contributed by atoms with van der Waals surface area (Å²) in [6.07, 6.45) is 0. The molecule has 94 valence electrons. The van der Waals surface area contributed by atoms with Gasteiger partial charge in [-0.2, -0.15) is 0 Å². The molecule has 1 amide bonds. The van der Waals surface area contributed by atoms with Crippen molar-refractivity contribution in [1.29, 1.82) is 0 Å². The zero-order valence-corrected chi connectivity index (χ0v) is 11.3. The largest absolute Gasteiger partial charge is 0.383 e. The third kappa shape index (κ3) is 5.24. The lowest BCUT2D eigenvalue weighted by Gasteiger charge is -2.12. The number of nitrogens with one attached hydrogen (secondary N) is 1. The Bertz CT molecular complexity index is 368. The normalized spacial score (nSPS) is 12.2. The molecule has 17 heavy (non-hydrogen) atoms. The van der Waals surface area contributed by atoms with E-state index < -0.39 is 0 Å². The van der Waals surface area contributed by atoms with Crippen molar-refractivity contribution in [3.63, 3.8) is 0 Å². The van der Waals surface area contributed by atoms with E-state index in [4.69, 9.17) is 4.74 Å². The second-order valence-corrected chi connectivity index (χ2v) is 5.00. The summed E-state index contributed by atoms with van der Waals surface area (Å²) in [5.74, 6) is 0.488. The summed E-state index contributed by atoms with van der Waals surface area (Å²) in [5, 5.41) is 2.89. The van der Waals surface area contributed by atoms with Gasteiger partial charge in [0.15, 0.2) is 0 Å². The fourth-order valence-electron chi connectivity index (χ4n) is 1.47. The number of thioether (sulfide) groups is 1. The van der Waals surface area contributed by atoms with Crippen LogP contribution in [-0.4, -0.2) is 31.4 Å². The minimum Gasteiger partial charge on any atom is -0.383 e. The van der Waals surface area contributed by atoms with Gasteiger partial charge < -0.3 is 10.1 Å². The Hall–Kier alpha value is -1.00. The smallest absolute Gasteiger partial charge is 0.230 e. The van der Waals surface area contributed by atoms with Crippen molar-refractivity contribution in [2.45, 2.75) is 24.8 Å². The molecule has 1 N–H and O–H groups in total. The van der Waals surface area contributed by atoms with Crippen molar-refractivity contribution in [3.8, 4) is 0 Å². The van der Waals surface area contributed by atoms with Gasteiger partial charge in [-0.25, -0.2) is 0 Å². The molecule has 0 aliphatic carbocycles. The Balaban J connectivity index is 2.36. The van der Waals surface area contributed by atoms with Gasteiger partial charge in [-0.1, -0.05) is 18.2 Å². The van der Waals surface area contributed by atoms with Gasteiger partial charge in [-0.15, -0.1) is 11.8 Å². The maximum atomic E-state index is 11.6. The summed E-state index contributed by atoms with van der Waals surface area (Å²) in [6, 6.07) is 8.13. The number of rotatable bonds is 6. The number of amides is 1. The lowest BCUT2D eigenvalue weighted by molar-refractivity contribution is -0.119. The number of ether oxygens (including phenoxy) is 1. The second kappa shape index (κ2) is 7.35. The molecule has 0 radical (unpaired) electrons. The summed E-state index contributed by atoms with van der Waals surface area (Å²) < 4.78 is 4.96. The van der Waals surface area contributed by atoms with Crippen molar-refractivity contribution in [3.05, 3.63) is 29.8 Å². The minimum atomic E-state index is 0.0443. The van der Waals surface area contributed by atoms with Gasteiger partial charge in [0, 0.05) is 18.0 Å². The lowest BCUT2D eigenvalue weighted by Crippen LogP contribution is -2.36. The average molecular weight is 253 g/mol. The summed E-state index contributed by atoms with van der Waals surface area (Å²) in [5.41, 5.74) is 1.20. The van der Waals surface area contributed by atoms with E-state index in [2.05, 4.69) is 5.32 Å². The van der Waals surface area contributed by atoms with E-state index in [1.165, 1.54) is 5.56 Å². The van der Waals surface area contributed by atoms with Gasteiger partial charge in [0.2, 0.25) is 5.91 Å². The number of carbonyl (C=O) groups is 1. The Morgan fingerprint density at radius 1 is 1.47 bits per heavy atom. The van der Waals surface area contributed by atoms with Gasteiger partial charge in [-0.3, -0.25) is 4.79 Å². The first-order chi connectivity index (χ1) is 8.13. The van der Waals surface area contributed by atoms with Gasteiger partial charge in [0.1, 0.15) is 0 Å². The maximum Gasteiger partial charge on any atom is 0.230 e. The summed E-state index contributed by atoms with van der Waals surface area (Å²) in [7, 11) is 1.63. The second-order valence-electron chi connectivity index (χ2n) is 3.98. The third-order valence-electron chi connectivity index (χ3n) is 2.28. The van der Waals surface area contributed by atoms with Crippen LogP contribution in [0.3, 0.4) is 0 Å². The monoisotopic (exact) mass is 253 g/mol. The Morgan fingerprint density at radius 3 is 2.82 bits per heavy atom. The van der Waals surface area contributed by atoms with E-state index in [0.717, 1.165) is 4.90 Å². The molecular weight excluding hydrogens is 234 g/mol. The van der Waals surface area contributed by atoms with Crippen LogP contribution in [-0.2, 0) is 9.53 Å². The molecule has 1 aromatic carbocycles.